The van der Waals surface area contributed by atoms with E-state index in [0.717, 1.165) is 0 Å². The quantitative estimate of drug-likeness (QED) is 0.351. The lowest BCUT2D eigenvalue weighted by atomic mass is 10.1. The first-order valence-corrected chi connectivity index (χ1v) is 9.55. The number of non-ortho nitro benzene ring substituents is 1. The third-order valence-corrected chi connectivity index (χ3v) is 4.31. The molecule has 10 heteroatoms. The molecule has 31 heavy (non-hydrogen) atoms. The molecule has 0 aliphatic carbocycles. The fraction of sp³-hybridized carbons (Fsp3) is 0.333. The number of rotatable bonds is 8. The molecule has 0 unspecified atom stereocenters. The maximum atomic E-state index is 12.2. The fourth-order valence-electron chi connectivity index (χ4n) is 3.00. The predicted molar refractivity (Wildman–Crippen MR) is 106 cm³/mol. The average molecular weight is 431 g/mol. The Balaban J connectivity index is 1.91. The van der Waals surface area contributed by atoms with E-state index in [1.807, 2.05) is 0 Å². The number of hydrogen-bond donors (Lipinski definition) is 0. The maximum Gasteiger partial charge on any atom is 0.338 e. The molecule has 0 N–H and O–H groups in total. The number of nitrogens with zero attached hydrogens (tertiary/aromatic N) is 1. The molecule has 1 heterocycles. The van der Waals surface area contributed by atoms with Crippen molar-refractivity contribution in [2.45, 2.75) is 27.1 Å². The van der Waals surface area contributed by atoms with Gasteiger partial charge in [0.25, 0.3) is 5.69 Å². The number of carbonyl (C=O) groups is 2. The molecule has 0 atom stereocenters. The van der Waals surface area contributed by atoms with Crippen molar-refractivity contribution in [3.63, 3.8) is 0 Å². The minimum Gasteiger partial charge on any atom is -0.489 e. The number of esters is 2. The van der Waals surface area contributed by atoms with Gasteiger partial charge in [0.1, 0.15) is 18.1 Å². The molecule has 164 valence electrons. The zero-order valence-corrected chi connectivity index (χ0v) is 17.0. The molecule has 0 amide bonds. The van der Waals surface area contributed by atoms with E-state index in [9.17, 15) is 19.7 Å². The lowest BCUT2D eigenvalue weighted by Gasteiger charge is -2.20. The molecule has 0 spiro atoms. The van der Waals surface area contributed by atoms with Crippen molar-refractivity contribution in [2.75, 3.05) is 20.0 Å². The predicted octanol–water partition coefficient (Wildman–Crippen LogP) is 3.39. The largest absolute Gasteiger partial charge is 0.489 e. The van der Waals surface area contributed by atoms with Gasteiger partial charge in [-0.25, -0.2) is 9.59 Å². The molecule has 3 rings (SSSR count). The van der Waals surface area contributed by atoms with Crippen LogP contribution in [0.2, 0.25) is 0 Å². The Morgan fingerprint density at radius 1 is 1.03 bits per heavy atom. The van der Waals surface area contributed by atoms with Crippen LogP contribution in [-0.2, 0) is 27.4 Å². The zero-order chi connectivity index (χ0) is 22.4. The van der Waals surface area contributed by atoms with Gasteiger partial charge in [-0.1, -0.05) is 0 Å². The molecule has 10 nitrogen and oxygen atoms in total. The molecule has 0 saturated heterocycles. The number of nitro benzene ring substituents is 1. The summed E-state index contributed by atoms with van der Waals surface area (Å²) < 4.78 is 26.5. The summed E-state index contributed by atoms with van der Waals surface area (Å²) in [5, 5.41) is 11.3. The van der Waals surface area contributed by atoms with E-state index in [1.165, 1.54) is 30.3 Å². The van der Waals surface area contributed by atoms with Crippen molar-refractivity contribution in [2.24, 2.45) is 0 Å². The zero-order valence-electron chi connectivity index (χ0n) is 17.0. The summed E-state index contributed by atoms with van der Waals surface area (Å²) in [6.07, 6.45) is 0. The van der Waals surface area contributed by atoms with Gasteiger partial charge in [-0.3, -0.25) is 10.1 Å². The fourth-order valence-corrected chi connectivity index (χ4v) is 3.00. The molecule has 0 saturated carbocycles. The van der Waals surface area contributed by atoms with Crippen LogP contribution in [0.5, 0.6) is 11.5 Å². The van der Waals surface area contributed by atoms with Crippen LogP contribution in [0.25, 0.3) is 0 Å². The molecule has 1 aliphatic heterocycles. The Labute approximate surface area is 177 Å². The van der Waals surface area contributed by atoms with Crippen LogP contribution in [-0.4, -0.2) is 36.9 Å². The van der Waals surface area contributed by atoms with Crippen LogP contribution in [0.4, 0.5) is 5.69 Å². The van der Waals surface area contributed by atoms with Crippen LogP contribution in [0.3, 0.4) is 0 Å². The summed E-state index contributed by atoms with van der Waals surface area (Å²) >= 11 is 0. The monoisotopic (exact) mass is 431 g/mol. The highest BCUT2D eigenvalue weighted by molar-refractivity contribution is 5.96. The smallest absolute Gasteiger partial charge is 0.338 e. The minimum atomic E-state index is -0.619. The van der Waals surface area contributed by atoms with E-state index >= 15 is 0 Å². The van der Waals surface area contributed by atoms with Crippen molar-refractivity contribution in [1.82, 2.24) is 0 Å². The summed E-state index contributed by atoms with van der Waals surface area (Å²) in [5.74, 6) is -0.594. The number of benzene rings is 2. The molecule has 0 fully saturated rings. The highest BCUT2D eigenvalue weighted by Crippen LogP contribution is 2.33. The molecule has 0 aromatic heterocycles. The van der Waals surface area contributed by atoms with E-state index in [2.05, 4.69) is 0 Å². The lowest BCUT2D eigenvalue weighted by Crippen LogP contribution is -2.14. The number of fused-ring (bicyclic) bond motifs is 1. The topological polar surface area (TPSA) is 123 Å². The van der Waals surface area contributed by atoms with Gasteiger partial charge < -0.3 is 23.7 Å². The molecule has 2 aromatic rings. The second-order valence-corrected chi connectivity index (χ2v) is 6.44. The van der Waals surface area contributed by atoms with Gasteiger partial charge >= 0.3 is 11.9 Å². The second-order valence-electron chi connectivity index (χ2n) is 6.44. The van der Waals surface area contributed by atoms with Crippen LogP contribution in [0.15, 0.2) is 30.3 Å². The van der Waals surface area contributed by atoms with Gasteiger partial charge in [0.2, 0.25) is 0 Å². The molecule has 0 radical (unpaired) electrons. The van der Waals surface area contributed by atoms with Gasteiger partial charge in [0.15, 0.2) is 6.79 Å². The van der Waals surface area contributed by atoms with Crippen LogP contribution in [0, 0.1) is 10.1 Å². The van der Waals surface area contributed by atoms with Crippen LogP contribution in [0.1, 0.15) is 45.7 Å². The van der Waals surface area contributed by atoms with E-state index in [-0.39, 0.29) is 55.8 Å². The number of carbonyl (C=O) groups excluding carboxylic acids is 2. The van der Waals surface area contributed by atoms with Crippen molar-refractivity contribution in [3.05, 3.63) is 62.7 Å². The Hall–Kier alpha value is -3.66. The second kappa shape index (κ2) is 9.90. The molecular weight excluding hydrogens is 410 g/mol. The van der Waals surface area contributed by atoms with Crippen LogP contribution >= 0.6 is 0 Å². The summed E-state index contributed by atoms with van der Waals surface area (Å²) in [6.45, 7) is 3.76. The Morgan fingerprint density at radius 3 is 2.26 bits per heavy atom. The first-order chi connectivity index (χ1) is 14.9. The van der Waals surface area contributed by atoms with Gasteiger partial charge in [-0.15, -0.1) is 0 Å². The minimum absolute atomic E-state index is 0.0170. The number of ether oxygens (including phenoxy) is 5. The molecule has 2 aromatic carbocycles. The summed E-state index contributed by atoms with van der Waals surface area (Å²) in [4.78, 5) is 35.1. The first-order valence-electron chi connectivity index (χ1n) is 9.55. The van der Waals surface area contributed by atoms with Gasteiger partial charge in [0, 0.05) is 23.3 Å². The van der Waals surface area contributed by atoms with Crippen molar-refractivity contribution in [3.8, 4) is 11.5 Å². The van der Waals surface area contributed by atoms with Crippen LogP contribution < -0.4 is 9.47 Å². The number of hydrogen-bond acceptors (Lipinski definition) is 9. The van der Waals surface area contributed by atoms with E-state index in [0.29, 0.717) is 16.9 Å². The molecule has 1 aliphatic rings. The molecule has 0 bridgehead atoms. The van der Waals surface area contributed by atoms with Crippen molar-refractivity contribution in [1.29, 1.82) is 0 Å². The third kappa shape index (κ3) is 5.28. The van der Waals surface area contributed by atoms with Gasteiger partial charge in [-0.2, -0.15) is 0 Å². The Morgan fingerprint density at radius 2 is 1.68 bits per heavy atom. The van der Waals surface area contributed by atoms with Crippen molar-refractivity contribution >= 4 is 17.6 Å². The third-order valence-electron chi connectivity index (χ3n) is 4.31. The van der Waals surface area contributed by atoms with E-state index < -0.39 is 16.9 Å². The number of nitro groups is 1. The normalized spacial score (nSPS) is 12.3. The lowest BCUT2D eigenvalue weighted by molar-refractivity contribution is -0.385. The summed E-state index contributed by atoms with van der Waals surface area (Å²) in [5.41, 5.74) is 1.08. The highest BCUT2D eigenvalue weighted by Gasteiger charge is 2.22. The Kier molecular flexibility index (Phi) is 7.03. The average Bonchev–Trinajstić information content (AvgIpc) is 2.77. The standard InChI is InChI=1S/C21H21NO9/c1-3-28-20(23)13-5-14(21(24)29-4-2)9-18(8-13)30-11-16-7-17(22(25)26)6-15-10-27-12-31-19(15)16/h5-9H,3-4,10-12H2,1-2H3. The molecular formula is C21H21NO9. The summed E-state index contributed by atoms with van der Waals surface area (Å²) in [6, 6.07) is 6.95. The highest BCUT2D eigenvalue weighted by atomic mass is 16.7. The summed E-state index contributed by atoms with van der Waals surface area (Å²) in [7, 11) is 0. The van der Waals surface area contributed by atoms with Gasteiger partial charge in [-0.05, 0) is 32.0 Å². The first kappa shape index (κ1) is 22.0. The van der Waals surface area contributed by atoms with Crippen molar-refractivity contribution < 1.29 is 38.2 Å². The van der Waals surface area contributed by atoms with Gasteiger partial charge in [0.05, 0.1) is 35.9 Å². The maximum absolute atomic E-state index is 12.2. The van der Waals surface area contributed by atoms with E-state index in [1.54, 1.807) is 13.8 Å². The van der Waals surface area contributed by atoms with E-state index in [4.69, 9.17) is 23.7 Å². The SMILES string of the molecule is CCOC(=O)c1cc(OCc2cc([N+](=O)[O-])cc3c2OCOC3)cc(C(=O)OCC)c1. The Bertz CT molecular complexity index is 966.